The maximum atomic E-state index is 13.5. The van der Waals surface area contributed by atoms with Crippen LogP contribution in [0, 0.1) is 5.41 Å². The first-order valence-electron chi connectivity index (χ1n) is 14.5. The molecule has 242 valence electrons. The van der Waals surface area contributed by atoms with Gasteiger partial charge in [-0.1, -0.05) is 39.0 Å². The van der Waals surface area contributed by atoms with E-state index in [1.165, 1.54) is 27.5 Å². The molecule has 1 aromatic carbocycles. The summed E-state index contributed by atoms with van der Waals surface area (Å²) in [5, 5.41) is 4.99. The van der Waals surface area contributed by atoms with Crippen molar-refractivity contribution in [2.24, 2.45) is 11.1 Å². The van der Waals surface area contributed by atoms with Gasteiger partial charge in [0.25, 0.3) is 5.56 Å². The molecule has 4 N–H and O–H groups in total. The van der Waals surface area contributed by atoms with Gasteiger partial charge in [0.05, 0.1) is 24.7 Å². The van der Waals surface area contributed by atoms with Crippen molar-refractivity contribution in [2.75, 3.05) is 12.4 Å². The molecule has 0 fully saturated rings. The van der Waals surface area contributed by atoms with Gasteiger partial charge in [0, 0.05) is 6.20 Å². The molecular formula is C32H42N6O7. The number of amides is 3. The predicted molar refractivity (Wildman–Crippen MR) is 170 cm³/mol. The first kappa shape index (κ1) is 34.5. The molecule has 0 aliphatic carbocycles. The van der Waals surface area contributed by atoms with Gasteiger partial charge in [-0.15, -0.1) is 0 Å². The van der Waals surface area contributed by atoms with Crippen molar-refractivity contribution in [1.82, 2.24) is 19.4 Å². The van der Waals surface area contributed by atoms with Gasteiger partial charge < -0.3 is 30.4 Å². The molecule has 1 atom stereocenters. The third-order valence-electron chi connectivity index (χ3n) is 6.42. The Labute approximate surface area is 261 Å². The number of ether oxygens (including phenoxy) is 2. The number of carbonyl (C=O) groups excluding carboxylic acids is 4. The fourth-order valence-electron chi connectivity index (χ4n) is 4.60. The summed E-state index contributed by atoms with van der Waals surface area (Å²) in [5.74, 6) is -1.04. The van der Waals surface area contributed by atoms with Gasteiger partial charge in [-0.2, -0.15) is 0 Å². The SMILES string of the molecule is COC(=O)N[C@@H](CC/C=C/C(N)=O)C(=O)Nc1cccn(Cc2nc3c(CC(C)(C)C)cccc3n2C(=O)OC(C)(C)C)c1=O. The standard InChI is InChI=1S/C32H42N6O7/c1-31(2,3)18-20-12-10-15-23-26(20)36-25(38(23)30(43)45-32(4,5)6)19-37-17-11-14-22(28(37)41)34-27(40)21(35-29(42)44-7)13-8-9-16-24(33)39/h9-12,14-17,21H,8,13,18-19H2,1-7H3,(H2,33,39)(H,34,40)(H,35,42)/b16-9+/t21-/m0/s1. The monoisotopic (exact) mass is 622 g/mol. The van der Waals surface area contributed by atoms with Gasteiger partial charge >= 0.3 is 12.2 Å². The average Bonchev–Trinajstić information content (AvgIpc) is 3.29. The number of hydrogen-bond donors (Lipinski definition) is 3. The Morgan fingerprint density at radius 2 is 1.78 bits per heavy atom. The largest absolute Gasteiger partial charge is 0.453 e. The number of alkyl carbamates (subject to hydrolysis) is 1. The van der Waals surface area contributed by atoms with Crippen molar-refractivity contribution >= 4 is 40.7 Å². The van der Waals surface area contributed by atoms with Crippen molar-refractivity contribution in [3.63, 3.8) is 0 Å². The molecule has 3 aromatic rings. The number of fused-ring (bicyclic) bond motifs is 1. The number of imidazole rings is 1. The lowest BCUT2D eigenvalue weighted by atomic mass is 9.88. The smallest absolute Gasteiger partial charge is 0.420 e. The molecule has 0 bridgehead atoms. The number of primary amides is 1. The predicted octanol–water partition coefficient (Wildman–Crippen LogP) is 4.10. The molecule has 0 saturated heterocycles. The number of carbonyl (C=O) groups is 4. The molecule has 0 aliphatic rings. The van der Waals surface area contributed by atoms with E-state index < -0.39 is 41.2 Å². The summed E-state index contributed by atoms with van der Waals surface area (Å²) < 4.78 is 13.0. The first-order valence-corrected chi connectivity index (χ1v) is 14.5. The Morgan fingerprint density at radius 1 is 1.07 bits per heavy atom. The summed E-state index contributed by atoms with van der Waals surface area (Å²) in [4.78, 5) is 67.8. The van der Waals surface area contributed by atoms with E-state index in [0.717, 1.165) is 18.7 Å². The average molecular weight is 623 g/mol. The molecule has 45 heavy (non-hydrogen) atoms. The minimum absolute atomic E-state index is 0.0493. The zero-order valence-corrected chi connectivity index (χ0v) is 26.8. The number of nitrogens with two attached hydrogens (primary N) is 1. The van der Waals surface area contributed by atoms with Gasteiger partial charge in [-0.3, -0.25) is 14.4 Å². The molecule has 0 unspecified atom stereocenters. The van der Waals surface area contributed by atoms with E-state index in [9.17, 15) is 24.0 Å². The molecule has 2 aromatic heterocycles. The van der Waals surface area contributed by atoms with Crippen molar-refractivity contribution in [3.8, 4) is 0 Å². The Morgan fingerprint density at radius 3 is 2.40 bits per heavy atom. The lowest BCUT2D eigenvalue weighted by Gasteiger charge is -2.21. The lowest BCUT2D eigenvalue weighted by molar-refractivity contribution is -0.118. The van der Waals surface area contributed by atoms with Gasteiger partial charge in [-0.25, -0.2) is 19.1 Å². The highest BCUT2D eigenvalue weighted by molar-refractivity contribution is 5.96. The molecule has 0 saturated carbocycles. The fourth-order valence-corrected chi connectivity index (χ4v) is 4.60. The number of hydrogen-bond acceptors (Lipinski definition) is 8. The van der Waals surface area contributed by atoms with Crippen molar-refractivity contribution < 1.29 is 28.7 Å². The number of allylic oxidation sites excluding steroid dienone is 1. The van der Waals surface area contributed by atoms with Crippen molar-refractivity contribution in [3.05, 3.63) is 70.4 Å². The van der Waals surface area contributed by atoms with Crippen LogP contribution in [0.1, 0.15) is 65.8 Å². The van der Waals surface area contributed by atoms with Gasteiger partial charge in [0.15, 0.2) is 0 Å². The van der Waals surface area contributed by atoms with Crippen LogP contribution in [-0.4, -0.2) is 56.9 Å². The zero-order valence-electron chi connectivity index (χ0n) is 26.8. The molecule has 13 nitrogen and oxygen atoms in total. The third kappa shape index (κ3) is 9.78. The highest BCUT2D eigenvalue weighted by Gasteiger charge is 2.26. The maximum absolute atomic E-state index is 13.5. The van der Waals surface area contributed by atoms with Crippen molar-refractivity contribution in [1.29, 1.82) is 0 Å². The number of nitrogens with zero attached hydrogens (tertiary/aromatic N) is 3. The quantitative estimate of drug-likeness (QED) is 0.283. The molecule has 0 radical (unpaired) electrons. The van der Waals surface area contributed by atoms with Crippen LogP contribution in [0.3, 0.4) is 0 Å². The van der Waals surface area contributed by atoms with E-state index in [2.05, 4.69) is 36.1 Å². The molecule has 13 heteroatoms. The van der Waals surface area contributed by atoms with Crippen molar-refractivity contribution in [2.45, 2.75) is 79.0 Å². The third-order valence-corrected chi connectivity index (χ3v) is 6.42. The van der Waals surface area contributed by atoms with Gasteiger partial charge in [-0.05, 0) is 75.3 Å². The number of anilines is 1. The Hall–Kier alpha value is -4.94. The molecule has 0 aliphatic heterocycles. The summed E-state index contributed by atoms with van der Waals surface area (Å²) in [7, 11) is 1.16. The second-order valence-corrected chi connectivity index (χ2v) is 12.8. The Kier molecular flexibility index (Phi) is 10.9. The topological polar surface area (TPSA) is 177 Å². The van der Waals surface area contributed by atoms with Crippen LogP contribution in [0.4, 0.5) is 15.3 Å². The number of benzene rings is 1. The summed E-state index contributed by atoms with van der Waals surface area (Å²) in [6.07, 6.45) is 3.71. The summed E-state index contributed by atoms with van der Waals surface area (Å²) in [5.41, 5.74) is 5.80. The van der Waals surface area contributed by atoms with E-state index in [4.69, 9.17) is 15.5 Å². The van der Waals surface area contributed by atoms with Crippen LogP contribution in [-0.2, 0) is 32.0 Å². The second kappa shape index (κ2) is 14.2. The zero-order chi connectivity index (χ0) is 33.5. The van der Waals surface area contributed by atoms with Crippen LogP contribution in [0.25, 0.3) is 11.0 Å². The number of rotatable bonds is 10. The van der Waals surface area contributed by atoms with Crippen LogP contribution < -0.4 is 21.9 Å². The Balaban J connectivity index is 1.99. The van der Waals surface area contributed by atoms with E-state index in [-0.39, 0.29) is 36.3 Å². The molecule has 3 amide bonds. The number of para-hydroxylation sites is 1. The van der Waals surface area contributed by atoms with Crippen LogP contribution in [0.5, 0.6) is 0 Å². The van der Waals surface area contributed by atoms with Gasteiger partial charge in [0.2, 0.25) is 11.8 Å². The summed E-state index contributed by atoms with van der Waals surface area (Å²) in [6, 6.07) is 7.53. The number of pyridine rings is 1. The van der Waals surface area contributed by atoms with E-state index in [0.29, 0.717) is 17.5 Å². The van der Waals surface area contributed by atoms with E-state index in [1.54, 1.807) is 32.9 Å². The van der Waals surface area contributed by atoms with Crippen LogP contribution in [0.15, 0.2) is 53.5 Å². The van der Waals surface area contributed by atoms with E-state index in [1.807, 2.05) is 12.1 Å². The second-order valence-electron chi connectivity index (χ2n) is 12.8. The first-order chi connectivity index (χ1) is 21.0. The highest BCUT2D eigenvalue weighted by Crippen LogP contribution is 2.28. The van der Waals surface area contributed by atoms with Gasteiger partial charge in [0.1, 0.15) is 23.2 Å². The number of methoxy groups -OCH3 is 1. The molecule has 2 heterocycles. The minimum Gasteiger partial charge on any atom is -0.453 e. The fraction of sp³-hybridized carbons (Fsp3) is 0.438. The summed E-state index contributed by atoms with van der Waals surface area (Å²) in [6.45, 7) is 11.5. The summed E-state index contributed by atoms with van der Waals surface area (Å²) >= 11 is 0. The Bertz CT molecular complexity index is 1660. The van der Waals surface area contributed by atoms with Crippen LogP contribution >= 0.6 is 0 Å². The maximum Gasteiger partial charge on any atom is 0.420 e. The van der Waals surface area contributed by atoms with Crippen LogP contribution in [0.2, 0.25) is 0 Å². The molecular weight excluding hydrogens is 580 g/mol. The minimum atomic E-state index is -1.08. The number of aromatic nitrogens is 3. The highest BCUT2D eigenvalue weighted by atomic mass is 16.6. The lowest BCUT2D eigenvalue weighted by Crippen LogP contribution is -2.44. The normalized spacial score (nSPS) is 12.6. The molecule has 3 rings (SSSR count). The molecule has 0 spiro atoms. The number of nitrogens with one attached hydrogen (secondary N) is 2. The van der Waals surface area contributed by atoms with E-state index >= 15 is 0 Å².